The SMILES string of the molecule is C[C@H](OC(=O)c1cccs1)C(=O)Nc1ccccc1C#N. The maximum absolute atomic E-state index is 12.0. The number of nitriles is 1. The summed E-state index contributed by atoms with van der Waals surface area (Å²) in [6, 6.07) is 12.0. The van der Waals surface area contributed by atoms with E-state index in [0.29, 0.717) is 16.1 Å². The van der Waals surface area contributed by atoms with Crippen molar-refractivity contribution in [3.63, 3.8) is 0 Å². The van der Waals surface area contributed by atoms with Crippen LogP contribution in [0.2, 0.25) is 0 Å². The molecule has 0 saturated carbocycles. The van der Waals surface area contributed by atoms with E-state index >= 15 is 0 Å². The Labute approximate surface area is 125 Å². The number of nitrogens with one attached hydrogen (secondary N) is 1. The second-order valence-corrected chi connectivity index (χ2v) is 5.12. The van der Waals surface area contributed by atoms with Crippen LogP contribution >= 0.6 is 11.3 Å². The van der Waals surface area contributed by atoms with Gasteiger partial charge in [0.05, 0.1) is 11.3 Å². The number of amides is 1. The average Bonchev–Trinajstić information content (AvgIpc) is 3.02. The Kier molecular flexibility index (Phi) is 4.69. The molecule has 0 spiro atoms. The maximum Gasteiger partial charge on any atom is 0.349 e. The van der Waals surface area contributed by atoms with Gasteiger partial charge in [-0.2, -0.15) is 5.26 Å². The van der Waals surface area contributed by atoms with Crippen LogP contribution in [0.1, 0.15) is 22.2 Å². The molecule has 1 aromatic heterocycles. The molecule has 1 amide bonds. The number of hydrogen-bond donors (Lipinski definition) is 1. The Morgan fingerprint density at radius 1 is 1.29 bits per heavy atom. The molecule has 0 saturated heterocycles. The standard InChI is InChI=1S/C15H12N2O3S/c1-10(20-15(19)13-7-4-8-21-13)14(18)17-12-6-3-2-5-11(12)9-16/h2-8,10H,1H3,(H,17,18)/t10-/m0/s1. The third-order valence-corrected chi connectivity index (χ3v) is 3.53. The molecule has 5 nitrogen and oxygen atoms in total. The van der Waals surface area contributed by atoms with Gasteiger partial charge in [-0.15, -0.1) is 11.3 Å². The van der Waals surface area contributed by atoms with Crippen LogP contribution in [-0.4, -0.2) is 18.0 Å². The van der Waals surface area contributed by atoms with E-state index in [1.54, 1.807) is 41.8 Å². The predicted molar refractivity (Wildman–Crippen MR) is 79.0 cm³/mol. The van der Waals surface area contributed by atoms with E-state index < -0.39 is 18.0 Å². The highest BCUT2D eigenvalue weighted by Crippen LogP contribution is 2.15. The Bertz CT molecular complexity index is 689. The highest BCUT2D eigenvalue weighted by atomic mass is 32.1. The highest BCUT2D eigenvalue weighted by Gasteiger charge is 2.20. The molecule has 1 N–H and O–H groups in total. The molecule has 1 atom stereocenters. The largest absolute Gasteiger partial charge is 0.448 e. The third-order valence-electron chi connectivity index (χ3n) is 2.68. The quantitative estimate of drug-likeness (QED) is 0.881. The van der Waals surface area contributed by atoms with E-state index in [2.05, 4.69) is 5.32 Å². The number of ether oxygens (including phenoxy) is 1. The molecule has 21 heavy (non-hydrogen) atoms. The number of esters is 1. The first-order valence-electron chi connectivity index (χ1n) is 6.16. The van der Waals surface area contributed by atoms with Crippen LogP contribution in [0.15, 0.2) is 41.8 Å². The van der Waals surface area contributed by atoms with Crippen molar-refractivity contribution in [1.82, 2.24) is 0 Å². The highest BCUT2D eigenvalue weighted by molar-refractivity contribution is 7.11. The number of hydrogen-bond acceptors (Lipinski definition) is 5. The Balaban J connectivity index is 2.00. The Morgan fingerprint density at radius 2 is 2.05 bits per heavy atom. The summed E-state index contributed by atoms with van der Waals surface area (Å²) in [6.45, 7) is 1.48. The molecule has 2 aromatic rings. The summed E-state index contributed by atoms with van der Waals surface area (Å²) >= 11 is 1.25. The normalized spacial score (nSPS) is 11.2. The van der Waals surface area contributed by atoms with Crippen LogP contribution in [0.3, 0.4) is 0 Å². The molecular formula is C15H12N2O3S. The first kappa shape index (κ1) is 14.8. The summed E-state index contributed by atoms with van der Waals surface area (Å²) in [7, 11) is 0. The second kappa shape index (κ2) is 6.68. The van der Waals surface area contributed by atoms with Crippen molar-refractivity contribution in [2.24, 2.45) is 0 Å². The summed E-state index contributed by atoms with van der Waals surface area (Å²) < 4.78 is 5.08. The molecule has 6 heteroatoms. The fourth-order valence-corrected chi connectivity index (χ4v) is 2.20. The van der Waals surface area contributed by atoms with Crippen molar-refractivity contribution in [2.75, 3.05) is 5.32 Å². The molecule has 0 aliphatic rings. The monoisotopic (exact) mass is 300 g/mol. The van der Waals surface area contributed by atoms with Crippen molar-refractivity contribution in [3.8, 4) is 6.07 Å². The van der Waals surface area contributed by atoms with E-state index in [1.165, 1.54) is 18.3 Å². The first-order valence-corrected chi connectivity index (χ1v) is 7.04. The topological polar surface area (TPSA) is 79.2 Å². The van der Waals surface area contributed by atoms with Crippen LogP contribution in [0.25, 0.3) is 0 Å². The van der Waals surface area contributed by atoms with Gasteiger partial charge in [-0.25, -0.2) is 4.79 Å². The van der Waals surface area contributed by atoms with E-state index in [-0.39, 0.29) is 0 Å². The number of thiophene rings is 1. The lowest BCUT2D eigenvalue weighted by Crippen LogP contribution is -2.30. The maximum atomic E-state index is 12.0. The zero-order valence-electron chi connectivity index (χ0n) is 11.2. The van der Waals surface area contributed by atoms with Gasteiger partial charge in [0.25, 0.3) is 5.91 Å². The molecule has 0 fully saturated rings. The van der Waals surface area contributed by atoms with Gasteiger partial charge in [0.1, 0.15) is 10.9 Å². The number of carbonyl (C=O) groups is 2. The molecular weight excluding hydrogens is 288 g/mol. The van der Waals surface area contributed by atoms with Gasteiger partial charge in [0, 0.05) is 0 Å². The van der Waals surface area contributed by atoms with E-state index in [4.69, 9.17) is 10.00 Å². The molecule has 1 heterocycles. The predicted octanol–water partition coefficient (Wildman–Crippen LogP) is 2.80. The van der Waals surface area contributed by atoms with Gasteiger partial charge >= 0.3 is 5.97 Å². The van der Waals surface area contributed by atoms with Crippen molar-refractivity contribution in [3.05, 3.63) is 52.2 Å². The van der Waals surface area contributed by atoms with Crippen molar-refractivity contribution in [1.29, 1.82) is 5.26 Å². The number of para-hydroxylation sites is 1. The number of carbonyl (C=O) groups excluding carboxylic acids is 2. The molecule has 0 aliphatic heterocycles. The number of rotatable bonds is 4. The molecule has 106 valence electrons. The molecule has 2 rings (SSSR count). The average molecular weight is 300 g/mol. The van der Waals surface area contributed by atoms with E-state index in [1.807, 2.05) is 6.07 Å². The van der Waals surface area contributed by atoms with Crippen LogP contribution in [0, 0.1) is 11.3 Å². The molecule has 0 aliphatic carbocycles. The summed E-state index contributed by atoms with van der Waals surface area (Å²) in [4.78, 5) is 24.2. The van der Waals surface area contributed by atoms with Gasteiger partial charge < -0.3 is 10.1 Å². The summed E-state index contributed by atoms with van der Waals surface area (Å²) in [5.74, 6) is -1.02. The van der Waals surface area contributed by atoms with Gasteiger partial charge in [0.15, 0.2) is 6.10 Å². The molecule has 0 radical (unpaired) electrons. The molecule has 0 bridgehead atoms. The van der Waals surface area contributed by atoms with Gasteiger partial charge in [-0.3, -0.25) is 4.79 Å². The fraction of sp³-hybridized carbons (Fsp3) is 0.133. The van der Waals surface area contributed by atoms with E-state index in [9.17, 15) is 9.59 Å². The number of nitrogens with zero attached hydrogens (tertiary/aromatic N) is 1. The smallest absolute Gasteiger partial charge is 0.349 e. The zero-order valence-corrected chi connectivity index (χ0v) is 12.0. The number of anilines is 1. The van der Waals surface area contributed by atoms with Crippen LogP contribution in [-0.2, 0) is 9.53 Å². The lowest BCUT2D eigenvalue weighted by atomic mass is 10.2. The summed E-state index contributed by atoms with van der Waals surface area (Å²) in [5.41, 5.74) is 0.742. The third kappa shape index (κ3) is 3.68. The summed E-state index contributed by atoms with van der Waals surface area (Å²) in [6.07, 6.45) is -0.952. The van der Waals surface area contributed by atoms with Crippen LogP contribution in [0.5, 0.6) is 0 Å². The van der Waals surface area contributed by atoms with Crippen molar-refractivity contribution in [2.45, 2.75) is 13.0 Å². The van der Waals surface area contributed by atoms with Crippen LogP contribution < -0.4 is 5.32 Å². The summed E-state index contributed by atoms with van der Waals surface area (Å²) in [5, 5.41) is 13.3. The number of benzene rings is 1. The minimum Gasteiger partial charge on any atom is -0.448 e. The first-order chi connectivity index (χ1) is 10.1. The zero-order chi connectivity index (χ0) is 15.2. The Morgan fingerprint density at radius 3 is 2.71 bits per heavy atom. The Hall–Kier alpha value is -2.65. The van der Waals surface area contributed by atoms with Crippen molar-refractivity contribution < 1.29 is 14.3 Å². The van der Waals surface area contributed by atoms with Gasteiger partial charge in [0.2, 0.25) is 0 Å². The van der Waals surface area contributed by atoms with Crippen molar-refractivity contribution >= 4 is 28.9 Å². The lowest BCUT2D eigenvalue weighted by Gasteiger charge is -2.13. The fourth-order valence-electron chi connectivity index (χ4n) is 1.59. The second-order valence-electron chi connectivity index (χ2n) is 4.17. The lowest BCUT2D eigenvalue weighted by molar-refractivity contribution is -0.123. The molecule has 0 unspecified atom stereocenters. The van der Waals surface area contributed by atoms with E-state index in [0.717, 1.165) is 0 Å². The minimum absolute atomic E-state index is 0.350. The van der Waals surface area contributed by atoms with Gasteiger partial charge in [-0.05, 0) is 30.5 Å². The molecule has 1 aromatic carbocycles. The van der Waals surface area contributed by atoms with Crippen LogP contribution in [0.4, 0.5) is 5.69 Å². The van der Waals surface area contributed by atoms with Gasteiger partial charge in [-0.1, -0.05) is 18.2 Å². The minimum atomic E-state index is -0.952.